The molecule has 10 rings (SSSR count). The van der Waals surface area contributed by atoms with E-state index in [9.17, 15) is 0 Å². The van der Waals surface area contributed by atoms with Crippen molar-refractivity contribution in [2.75, 3.05) is 0 Å². The van der Waals surface area contributed by atoms with Crippen molar-refractivity contribution in [2.24, 2.45) is 0 Å². The molecule has 0 fully saturated rings. The van der Waals surface area contributed by atoms with Gasteiger partial charge in [-0.15, -0.1) is 0 Å². The summed E-state index contributed by atoms with van der Waals surface area (Å²) < 4.78 is 0. The SMILES string of the molecule is c1ccc(-c2ccc(-c3nc(-c4ccc(-c5ccccc5)nc4)nc(-c4cccc5c4-c4ccccc4C5(c4ccccc4)c4ccccc4)n3)cc2)cc1. The highest BCUT2D eigenvalue weighted by Gasteiger charge is 2.47. The Kier molecular flexibility index (Phi) is 8.00. The van der Waals surface area contributed by atoms with Gasteiger partial charge >= 0.3 is 0 Å². The fraction of sp³-hybridized carbons (Fsp3) is 0.0196. The summed E-state index contributed by atoms with van der Waals surface area (Å²) in [4.78, 5) is 20.5. The van der Waals surface area contributed by atoms with Gasteiger partial charge in [-0.2, -0.15) is 0 Å². The lowest BCUT2D eigenvalue weighted by atomic mass is 9.67. The normalized spacial score (nSPS) is 12.5. The Labute approximate surface area is 320 Å². The smallest absolute Gasteiger partial charge is 0.165 e. The van der Waals surface area contributed by atoms with Crippen LogP contribution in [0, 0.1) is 0 Å². The first-order valence-electron chi connectivity index (χ1n) is 18.6. The Hall–Kier alpha value is -7.30. The topological polar surface area (TPSA) is 51.6 Å². The summed E-state index contributed by atoms with van der Waals surface area (Å²) in [6.45, 7) is 0. The maximum Gasteiger partial charge on any atom is 0.165 e. The number of benzene rings is 7. The summed E-state index contributed by atoms with van der Waals surface area (Å²) in [6.07, 6.45) is 1.87. The Morgan fingerprint density at radius 2 is 0.782 bits per heavy atom. The summed E-state index contributed by atoms with van der Waals surface area (Å²) in [5, 5.41) is 0. The van der Waals surface area contributed by atoms with E-state index in [1.54, 1.807) is 0 Å². The second-order valence-electron chi connectivity index (χ2n) is 13.8. The summed E-state index contributed by atoms with van der Waals surface area (Å²) >= 11 is 0. The molecule has 1 aliphatic carbocycles. The highest BCUT2D eigenvalue weighted by Crippen LogP contribution is 2.58. The molecule has 1 aliphatic rings. The van der Waals surface area contributed by atoms with Crippen LogP contribution in [0.5, 0.6) is 0 Å². The van der Waals surface area contributed by atoms with Gasteiger partial charge < -0.3 is 0 Å². The molecule has 55 heavy (non-hydrogen) atoms. The zero-order valence-electron chi connectivity index (χ0n) is 29.9. The third-order valence-corrected chi connectivity index (χ3v) is 10.7. The van der Waals surface area contributed by atoms with Crippen molar-refractivity contribution in [1.82, 2.24) is 19.9 Å². The molecule has 0 atom stereocenters. The molecule has 4 heteroatoms. The van der Waals surface area contributed by atoms with Gasteiger partial charge in [0.05, 0.1) is 11.1 Å². The summed E-state index contributed by atoms with van der Waals surface area (Å²) in [5.74, 6) is 1.79. The van der Waals surface area contributed by atoms with E-state index in [2.05, 4.69) is 170 Å². The first kappa shape index (κ1) is 32.4. The largest absolute Gasteiger partial charge is 0.255 e. The maximum atomic E-state index is 5.27. The van der Waals surface area contributed by atoms with Crippen LogP contribution < -0.4 is 0 Å². The fourth-order valence-corrected chi connectivity index (χ4v) is 8.18. The molecular formula is C51H34N4. The van der Waals surface area contributed by atoms with Gasteiger partial charge in [0.1, 0.15) is 0 Å². The van der Waals surface area contributed by atoms with Crippen LogP contribution in [0.2, 0.25) is 0 Å². The Balaban J connectivity index is 1.19. The van der Waals surface area contributed by atoms with Crippen molar-refractivity contribution in [3.63, 3.8) is 0 Å². The van der Waals surface area contributed by atoms with E-state index in [-0.39, 0.29) is 0 Å². The zero-order chi connectivity index (χ0) is 36.6. The molecule has 4 nitrogen and oxygen atoms in total. The van der Waals surface area contributed by atoms with Crippen LogP contribution in [0.1, 0.15) is 22.3 Å². The van der Waals surface area contributed by atoms with E-state index in [1.807, 2.05) is 36.5 Å². The number of fused-ring (bicyclic) bond motifs is 3. The number of aromatic nitrogens is 4. The van der Waals surface area contributed by atoms with Gasteiger partial charge in [0.25, 0.3) is 0 Å². The molecule has 2 heterocycles. The molecule has 7 aromatic carbocycles. The highest BCUT2D eigenvalue weighted by atomic mass is 15.0. The summed E-state index contributed by atoms with van der Waals surface area (Å²) in [7, 11) is 0. The molecule has 0 amide bonds. The Bertz CT molecular complexity index is 2630. The van der Waals surface area contributed by atoms with Gasteiger partial charge in [-0.1, -0.05) is 188 Å². The second kappa shape index (κ2) is 13.6. The second-order valence-corrected chi connectivity index (χ2v) is 13.8. The third-order valence-electron chi connectivity index (χ3n) is 10.7. The predicted octanol–water partition coefficient (Wildman–Crippen LogP) is 12.0. The molecule has 9 aromatic rings. The molecule has 0 bridgehead atoms. The number of pyridine rings is 1. The van der Waals surface area contributed by atoms with Crippen molar-refractivity contribution >= 4 is 0 Å². The lowest BCUT2D eigenvalue weighted by Crippen LogP contribution is -2.28. The van der Waals surface area contributed by atoms with Gasteiger partial charge in [-0.05, 0) is 56.6 Å². The predicted molar refractivity (Wildman–Crippen MR) is 222 cm³/mol. The number of nitrogens with zero attached hydrogens (tertiary/aromatic N) is 4. The first-order valence-corrected chi connectivity index (χ1v) is 18.6. The average Bonchev–Trinajstić information content (AvgIpc) is 3.59. The van der Waals surface area contributed by atoms with Gasteiger partial charge in [0, 0.05) is 28.5 Å². The minimum atomic E-state index is -0.534. The quantitative estimate of drug-likeness (QED) is 0.166. The van der Waals surface area contributed by atoms with Gasteiger partial charge in [-0.3, -0.25) is 4.98 Å². The highest BCUT2D eigenvalue weighted by molar-refractivity contribution is 5.94. The molecule has 0 N–H and O–H groups in total. The number of hydrogen-bond donors (Lipinski definition) is 0. The molecule has 0 unspecified atom stereocenters. The summed E-state index contributed by atoms with van der Waals surface area (Å²) in [6, 6.07) is 70.2. The Morgan fingerprint density at radius 1 is 0.309 bits per heavy atom. The molecule has 258 valence electrons. The molecule has 0 aliphatic heterocycles. The Morgan fingerprint density at radius 3 is 1.42 bits per heavy atom. The van der Waals surface area contributed by atoms with E-state index in [1.165, 1.54) is 27.8 Å². The van der Waals surface area contributed by atoms with Crippen LogP contribution >= 0.6 is 0 Å². The van der Waals surface area contributed by atoms with Crippen LogP contribution in [-0.4, -0.2) is 19.9 Å². The number of hydrogen-bond acceptors (Lipinski definition) is 4. The minimum Gasteiger partial charge on any atom is -0.255 e. The molecular weight excluding hydrogens is 669 g/mol. The van der Waals surface area contributed by atoms with Crippen LogP contribution in [-0.2, 0) is 5.41 Å². The van der Waals surface area contributed by atoms with Crippen LogP contribution in [0.4, 0.5) is 0 Å². The molecule has 0 spiro atoms. The number of rotatable bonds is 7. The van der Waals surface area contributed by atoms with Gasteiger partial charge in [0.15, 0.2) is 17.5 Å². The van der Waals surface area contributed by atoms with E-state index in [0.717, 1.165) is 44.6 Å². The first-order chi connectivity index (χ1) is 27.3. The monoisotopic (exact) mass is 702 g/mol. The standard InChI is InChI=1S/C51H34N4/c1-5-16-35(17-6-1)36-28-30-38(31-29-36)48-53-49(39-32-33-46(52-34-39)37-18-7-2-8-19-37)55-50(54-48)43-25-15-27-45-47(43)42-24-13-14-26-44(42)51(45,40-20-9-3-10-21-40)41-22-11-4-12-23-41/h1-34H. The third kappa shape index (κ3) is 5.55. The zero-order valence-corrected chi connectivity index (χ0v) is 29.9. The average molecular weight is 703 g/mol. The van der Waals surface area contributed by atoms with E-state index in [0.29, 0.717) is 17.5 Å². The van der Waals surface area contributed by atoms with E-state index in [4.69, 9.17) is 19.9 Å². The summed E-state index contributed by atoms with van der Waals surface area (Å²) in [5.41, 5.74) is 13.6. The van der Waals surface area contributed by atoms with Crippen LogP contribution in [0.15, 0.2) is 206 Å². The maximum absolute atomic E-state index is 5.27. The van der Waals surface area contributed by atoms with E-state index < -0.39 is 5.41 Å². The van der Waals surface area contributed by atoms with Crippen LogP contribution in [0.3, 0.4) is 0 Å². The van der Waals surface area contributed by atoms with Crippen LogP contribution in [0.25, 0.3) is 67.7 Å². The molecule has 0 saturated heterocycles. The lowest BCUT2D eigenvalue weighted by molar-refractivity contribution is 0.768. The molecule has 0 radical (unpaired) electrons. The fourth-order valence-electron chi connectivity index (χ4n) is 8.18. The minimum absolute atomic E-state index is 0.534. The lowest BCUT2D eigenvalue weighted by Gasteiger charge is -2.33. The van der Waals surface area contributed by atoms with Crippen molar-refractivity contribution in [3.8, 4) is 67.7 Å². The molecule has 2 aromatic heterocycles. The van der Waals surface area contributed by atoms with Gasteiger partial charge in [0.2, 0.25) is 0 Å². The molecule has 0 saturated carbocycles. The van der Waals surface area contributed by atoms with Crippen molar-refractivity contribution in [2.45, 2.75) is 5.41 Å². The van der Waals surface area contributed by atoms with Crippen molar-refractivity contribution in [3.05, 3.63) is 229 Å². The van der Waals surface area contributed by atoms with Crippen molar-refractivity contribution in [1.29, 1.82) is 0 Å². The van der Waals surface area contributed by atoms with Crippen molar-refractivity contribution < 1.29 is 0 Å². The van der Waals surface area contributed by atoms with Gasteiger partial charge in [-0.25, -0.2) is 15.0 Å². The van der Waals surface area contributed by atoms with E-state index >= 15 is 0 Å².